The number of benzene rings is 1. The minimum atomic E-state index is 0. The smallest absolute Gasteiger partial charge is 0.259 e. The summed E-state index contributed by atoms with van der Waals surface area (Å²) in [5, 5.41) is 7.42. The third-order valence-corrected chi connectivity index (χ3v) is 3.78. The Hall–Kier alpha value is -1.85. The molecule has 3 rings (SSSR count). The number of aromatic nitrogens is 1. The number of amides is 1. The van der Waals surface area contributed by atoms with Gasteiger partial charge < -0.3 is 14.7 Å². The molecule has 1 aromatic carbocycles. The van der Waals surface area contributed by atoms with Gasteiger partial charge in [0.05, 0.1) is 0 Å². The van der Waals surface area contributed by atoms with Crippen molar-refractivity contribution in [3.63, 3.8) is 0 Å². The second-order valence-corrected chi connectivity index (χ2v) is 5.43. The van der Waals surface area contributed by atoms with Gasteiger partial charge in [-0.3, -0.25) is 4.79 Å². The highest BCUT2D eigenvalue weighted by atomic mass is 35.5. The quantitative estimate of drug-likeness (QED) is 0.923. The number of rotatable bonds is 2. The molecule has 22 heavy (non-hydrogen) atoms. The van der Waals surface area contributed by atoms with Crippen molar-refractivity contribution in [3.05, 3.63) is 41.7 Å². The number of nitrogens with one attached hydrogen (secondary N) is 1. The first-order valence-corrected chi connectivity index (χ1v) is 7.21. The molecule has 0 radical (unpaired) electrons. The van der Waals surface area contributed by atoms with E-state index in [-0.39, 0.29) is 18.3 Å². The Balaban J connectivity index is 0.00000176. The predicted octanol–water partition coefficient (Wildman–Crippen LogP) is 2.51. The summed E-state index contributed by atoms with van der Waals surface area (Å²) in [6.07, 6.45) is 0. The van der Waals surface area contributed by atoms with Gasteiger partial charge in [0.25, 0.3) is 5.91 Å². The van der Waals surface area contributed by atoms with E-state index in [1.165, 1.54) is 0 Å². The fourth-order valence-corrected chi connectivity index (χ4v) is 2.69. The summed E-state index contributed by atoms with van der Waals surface area (Å²) in [4.78, 5) is 14.7. The molecule has 1 aliphatic rings. The van der Waals surface area contributed by atoms with Crippen LogP contribution in [-0.2, 0) is 0 Å². The maximum Gasteiger partial charge on any atom is 0.259 e. The Bertz CT molecular complexity index is 642. The van der Waals surface area contributed by atoms with Crippen molar-refractivity contribution in [1.29, 1.82) is 0 Å². The zero-order valence-electron chi connectivity index (χ0n) is 12.7. The molecule has 0 saturated carbocycles. The van der Waals surface area contributed by atoms with Gasteiger partial charge in [-0.2, -0.15) is 0 Å². The lowest BCUT2D eigenvalue weighted by Gasteiger charge is -2.31. The largest absolute Gasteiger partial charge is 0.360 e. The van der Waals surface area contributed by atoms with Gasteiger partial charge >= 0.3 is 0 Å². The van der Waals surface area contributed by atoms with Crippen LogP contribution < -0.4 is 5.32 Å². The summed E-state index contributed by atoms with van der Waals surface area (Å²) in [6, 6.07) is 9.99. The topological polar surface area (TPSA) is 58.4 Å². The molecule has 2 heterocycles. The summed E-state index contributed by atoms with van der Waals surface area (Å²) < 4.78 is 5.28. The monoisotopic (exact) mass is 321 g/mol. The van der Waals surface area contributed by atoms with Crippen molar-refractivity contribution in [2.24, 2.45) is 0 Å². The van der Waals surface area contributed by atoms with Crippen LogP contribution in [0.4, 0.5) is 0 Å². The van der Waals surface area contributed by atoms with E-state index in [1.54, 1.807) is 6.92 Å². The average Bonchev–Trinajstić information content (AvgIpc) is 2.89. The second kappa shape index (κ2) is 6.94. The Labute approximate surface area is 136 Å². The van der Waals surface area contributed by atoms with E-state index in [4.69, 9.17) is 4.52 Å². The zero-order chi connectivity index (χ0) is 14.8. The summed E-state index contributed by atoms with van der Waals surface area (Å²) in [5.41, 5.74) is 2.11. The van der Waals surface area contributed by atoms with E-state index in [9.17, 15) is 4.79 Å². The molecule has 5 nitrogen and oxygen atoms in total. The molecule has 2 aromatic rings. The molecule has 1 amide bonds. The lowest BCUT2D eigenvalue weighted by Crippen LogP contribution is -2.51. The van der Waals surface area contributed by atoms with E-state index in [1.807, 2.05) is 35.2 Å². The molecule has 6 heteroatoms. The number of nitrogens with zero attached hydrogens (tertiary/aromatic N) is 2. The molecule has 0 spiro atoms. The van der Waals surface area contributed by atoms with Gasteiger partial charge in [-0.15, -0.1) is 12.4 Å². The van der Waals surface area contributed by atoms with Gasteiger partial charge in [0.15, 0.2) is 0 Å². The molecule has 1 aliphatic heterocycles. The Morgan fingerprint density at radius 3 is 2.77 bits per heavy atom. The standard InChI is InChI=1S/C16H19N3O2.ClH/c1-11-10-19(9-8-17-11)16(20)14-12(2)21-18-15(14)13-6-4-3-5-7-13;/h3-7,11,17H,8-10H2,1-2H3;1H. The third-order valence-electron chi connectivity index (χ3n) is 3.78. The fraction of sp³-hybridized carbons (Fsp3) is 0.375. The van der Waals surface area contributed by atoms with Crippen LogP contribution in [-0.4, -0.2) is 41.6 Å². The van der Waals surface area contributed by atoms with E-state index in [0.29, 0.717) is 36.1 Å². The highest BCUT2D eigenvalue weighted by molar-refractivity contribution is 6.00. The van der Waals surface area contributed by atoms with Gasteiger partial charge in [-0.05, 0) is 13.8 Å². The van der Waals surface area contributed by atoms with Crippen LogP contribution in [0, 0.1) is 6.92 Å². The number of aryl methyl sites for hydroxylation is 1. The van der Waals surface area contributed by atoms with Gasteiger partial charge in [0.2, 0.25) is 0 Å². The van der Waals surface area contributed by atoms with Crippen LogP contribution in [0.5, 0.6) is 0 Å². The van der Waals surface area contributed by atoms with Crippen LogP contribution in [0.2, 0.25) is 0 Å². The highest BCUT2D eigenvalue weighted by Gasteiger charge is 2.28. The lowest BCUT2D eigenvalue weighted by atomic mass is 10.0. The Morgan fingerprint density at radius 1 is 1.36 bits per heavy atom. The molecular weight excluding hydrogens is 302 g/mol. The molecule has 0 bridgehead atoms. The first-order valence-electron chi connectivity index (χ1n) is 7.21. The zero-order valence-corrected chi connectivity index (χ0v) is 13.5. The maximum absolute atomic E-state index is 12.8. The first kappa shape index (κ1) is 16.5. The van der Waals surface area contributed by atoms with Crippen LogP contribution >= 0.6 is 12.4 Å². The average molecular weight is 322 g/mol. The Morgan fingerprint density at radius 2 is 2.09 bits per heavy atom. The number of piperazine rings is 1. The van der Waals surface area contributed by atoms with Crippen LogP contribution in [0.1, 0.15) is 23.0 Å². The van der Waals surface area contributed by atoms with Gasteiger partial charge in [-0.25, -0.2) is 0 Å². The van der Waals surface area contributed by atoms with Crippen molar-refractivity contribution >= 4 is 18.3 Å². The predicted molar refractivity (Wildman–Crippen MR) is 87.3 cm³/mol. The molecule has 1 unspecified atom stereocenters. The summed E-state index contributed by atoms with van der Waals surface area (Å²) >= 11 is 0. The van der Waals surface area contributed by atoms with Crippen LogP contribution in [0.25, 0.3) is 11.3 Å². The van der Waals surface area contributed by atoms with Crippen LogP contribution in [0.15, 0.2) is 34.9 Å². The van der Waals surface area contributed by atoms with Crippen molar-refractivity contribution in [2.45, 2.75) is 19.9 Å². The van der Waals surface area contributed by atoms with Gasteiger partial charge in [-0.1, -0.05) is 35.5 Å². The highest BCUT2D eigenvalue weighted by Crippen LogP contribution is 2.26. The Kier molecular flexibility index (Phi) is 5.21. The number of carbonyl (C=O) groups excluding carboxylic acids is 1. The van der Waals surface area contributed by atoms with Gasteiger partial charge in [0, 0.05) is 31.2 Å². The van der Waals surface area contributed by atoms with E-state index in [2.05, 4.69) is 17.4 Å². The third kappa shape index (κ3) is 3.15. The second-order valence-electron chi connectivity index (χ2n) is 5.43. The number of carbonyl (C=O) groups is 1. The summed E-state index contributed by atoms with van der Waals surface area (Å²) in [5.74, 6) is 0.575. The first-order chi connectivity index (χ1) is 10.2. The van der Waals surface area contributed by atoms with E-state index in [0.717, 1.165) is 12.1 Å². The maximum atomic E-state index is 12.8. The summed E-state index contributed by atoms with van der Waals surface area (Å²) in [7, 11) is 0. The lowest BCUT2D eigenvalue weighted by molar-refractivity contribution is 0.0708. The molecule has 1 atom stereocenters. The number of hydrogen-bond acceptors (Lipinski definition) is 4. The van der Waals surface area contributed by atoms with Crippen LogP contribution in [0.3, 0.4) is 0 Å². The molecular formula is C16H20ClN3O2. The minimum absolute atomic E-state index is 0. The molecule has 1 saturated heterocycles. The molecule has 118 valence electrons. The van der Waals surface area contributed by atoms with E-state index < -0.39 is 0 Å². The fourth-order valence-electron chi connectivity index (χ4n) is 2.69. The number of halogens is 1. The SMILES string of the molecule is Cc1onc(-c2ccccc2)c1C(=O)N1CCNC(C)C1.Cl. The van der Waals surface area contributed by atoms with Gasteiger partial charge in [0.1, 0.15) is 17.0 Å². The summed E-state index contributed by atoms with van der Waals surface area (Å²) in [6.45, 7) is 6.11. The number of hydrogen-bond donors (Lipinski definition) is 1. The minimum Gasteiger partial charge on any atom is -0.360 e. The van der Waals surface area contributed by atoms with Crippen molar-refractivity contribution < 1.29 is 9.32 Å². The van der Waals surface area contributed by atoms with Crippen molar-refractivity contribution in [2.75, 3.05) is 19.6 Å². The van der Waals surface area contributed by atoms with Crippen molar-refractivity contribution in [3.8, 4) is 11.3 Å². The van der Waals surface area contributed by atoms with E-state index >= 15 is 0 Å². The normalized spacial score (nSPS) is 17.9. The molecule has 1 fully saturated rings. The molecule has 1 N–H and O–H groups in total. The van der Waals surface area contributed by atoms with Crippen molar-refractivity contribution in [1.82, 2.24) is 15.4 Å². The molecule has 1 aromatic heterocycles. The molecule has 0 aliphatic carbocycles.